The fourth-order valence-corrected chi connectivity index (χ4v) is 4.02. The van der Waals surface area contributed by atoms with Gasteiger partial charge >= 0.3 is 5.91 Å². The van der Waals surface area contributed by atoms with Crippen molar-refractivity contribution in [3.63, 3.8) is 0 Å². The molecule has 0 aliphatic carbocycles. The molecule has 0 saturated carbocycles. The van der Waals surface area contributed by atoms with Gasteiger partial charge in [-0.1, -0.05) is 23.7 Å². The van der Waals surface area contributed by atoms with Crippen LogP contribution in [0.15, 0.2) is 65.7 Å². The molecule has 1 aromatic heterocycles. The quantitative estimate of drug-likeness (QED) is 0.379. The molecule has 0 spiro atoms. The molecular formula is C21H15ClN2O4S. The zero-order chi connectivity index (χ0) is 20.5. The summed E-state index contributed by atoms with van der Waals surface area (Å²) in [6.07, 6.45) is 1.56. The number of carbonyl (C=O) groups is 2. The Bertz CT molecular complexity index is 1090. The van der Waals surface area contributed by atoms with Gasteiger partial charge in [0.1, 0.15) is 11.5 Å². The smallest absolute Gasteiger partial charge is 0.301 e. The highest BCUT2D eigenvalue weighted by atomic mass is 35.5. The van der Waals surface area contributed by atoms with Crippen molar-refractivity contribution < 1.29 is 19.4 Å². The lowest BCUT2D eigenvalue weighted by Crippen LogP contribution is -2.29. The van der Waals surface area contributed by atoms with Crippen LogP contribution in [0.4, 0.5) is 5.13 Å². The number of hydrogen-bond donors (Lipinski definition) is 1. The number of aliphatic hydroxyl groups excluding tert-OH is 1. The molecule has 1 unspecified atom stereocenters. The summed E-state index contributed by atoms with van der Waals surface area (Å²) in [5, 5.41) is 13.5. The minimum Gasteiger partial charge on any atom is -0.507 e. The molecule has 29 heavy (non-hydrogen) atoms. The van der Waals surface area contributed by atoms with Crippen LogP contribution in [-0.2, 0) is 9.59 Å². The van der Waals surface area contributed by atoms with Crippen LogP contribution in [0, 0.1) is 0 Å². The first-order valence-electron chi connectivity index (χ1n) is 8.61. The number of anilines is 1. The maximum absolute atomic E-state index is 12.9. The van der Waals surface area contributed by atoms with Gasteiger partial charge < -0.3 is 9.84 Å². The Morgan fingerprint density at radius 1 is 1.14 bits per heavy atom. The Labute approximate surface area is 175 Å². The van der Waals surface area contributed by atoms with Gasteiger partial charge in [-0.25, -0.2) is 4.98 Å². The van der Waals surface area contributed by atoms with E-state index in [0.717, 1.165) is 0 Å². The molecule has 0 bridgehead atoms. The highest BCUT2D eigenvalue weighted by Gasteiger charge is 2.47. The van der Waals surface area contributed by atoms with Gasteiger partial charge in [0.25, 0.3) is 5.78 Å². The van der Waals surface area contributed by atoms with Crippen LogP contribution in [0.1, 0.15) is 17.2 Å². The molecule has 4 rings (SSSR count). The second-order valence-corrected chi connectivity index (χ2v) is 7.57. The lowest BCUT2D eigenvalue weighted by Gasteiger charge is -2.23. The fourth-order valence-electron chi connectivity index (χ4n) is 3.23. The molecule has 6 nitrogen and oxygen atoms in total. The Morgan fingerprint density at radius 2 is 1.83 bits per heavy atom. The summed E-state index contributed by atoms with van der Waals surface area (Å²) in [6, 6.07) is 12.6. The molecule has 8 heteroatoms. The predicted octanol–water partition coefficient (Wildman–Crippen LogP) is 4.43. The maximum Gasteiger partial charge on any atom is 0.301 e. The molecular weight excluding hydrogens is 412 g/mol. The highest BCUT2D eigenvalue weighted by Crippen LogP contribution is 2.43. The third-order valence-corrected chi connectivity index (χ3v) is 5.64. The summed E-state index contributed by atoms with van der Waals surface area (Å²) in [7, 11) is 1.55. The summed E-state index contributed by atoms with van der Waals surface area (Å²) in [6.45, 7) is 0. The number of carbonyl (C=O) groups excluding carboxylic acids is 2. The van der Waals surface area contributed by atoms with Crippen LogP contribution in [0.3, 0.4) is 0 Å². The number of aliphatic hydroxyl groups is 1. The lowest BCUT2D eigenvalue weighted by atomic mass is 9.95. The maximum atomic E-state index is 12.9. The molecule has 2 aromatic carbocycles. The van der Waals surface area contributed by atoms with E-state index in [0.29, 0.717) is 27.0 Å². The zero-order valence-electron chi connectivity index (χ0n) is 15.2. The van der Waals surface area contributed by atoms with Gasteiger partial charge in [0.2, 0.25) is 0 Å². The van der Waals surface area contributed by atoms with Gasteiger partial charge in [-0.15, -0.1) is 11.3 Å². The summed E-state index contributed by atoms with van der Waals surface area (Å²) >= 11 is 7.16. The molecule has 3 aromatic rings. The van der Waals surface area contributed by atoms with Crippen molar-refractivity contribution in [2.75, 3.05) is 12.0 Å². The van der Waals surface area contributed by atoms with E-state index in [1.807, 2.05) is 0 Å². The number of halogens is 1. The summed E-state index contributed by atoms with van der Waals surface area (Å²) in [4.78, 5) is 31.3. The van der Waals surface area contributed by atoms with Crippen LogP contribution >= 0.6 is 22.9 Å². The van der Waals surface area contributed by atoms with Crippen molar-refractivity contribution in [3.05, 3.63) is 81.8 Å². The van der Waals surface area contributed by atoms with Gasteiger partial charge in [0.15, 0.2) is 5.13 Å². The van der Waals surface area contributed by atoms with E-state index in [9.17, 15) is 14.7 Å². The molecule has 1 fully saturated rings. The zero-order valence-corrected chi connectivity index (χ0v) is 16.8. The number of ketones is 1. The topological polar surface area (TPSA) is 79.7 Å². The number of Topliss-reactive ketones (excluding diaryl/α,β-unsaturated/α-hetero) is 1. The number of methoxy groups -OCH3 is 1. The standard InChI is InChI=1S/C21H15ClN2O4S/c1-28-15-8-4-12(5-9-15)17-16(18(25)13-2-6-14(22)7-3-13)19(26)20(27)24(17)21-23-10-11-29-21/h2-11,17,25H,1H3/b18-16-. The highest BCUT2D eigenvalue weighted by molar-refractivity contribution is 7.14. The molecule has 1 atom stereocenters. The lowest BCUT2D eigenvalue weighted by molar-refractivity contribution is -0.132. The molecule has 1 aliphatic rings. The van der Waals surface area contributed by atoms with Gasteiger partial charge in [0, 0.05) is 22.2 Å². The molecule has 1 N–H and O–H groups in total. The number of ether oxygens (including phenoxy) is 1. The van der Waals surface area contributed by atoms with E-state index in [4.69, 9.17) is 16.3 Å². The summed E-state index contributed by atoms with van der Waals surface area (Å²) in [5.41, 5.74) is 1.04. The molecule has 1 saturated heterocycles. The average molecular weight is 427 g/mol. The average Bonchev–Trinajstić information content (AvgIpc) is 3.35. The van der Waals surface area contributed by atoms with Gasteiger partial charge in [-0.3, -0.25) is 14.5 Å². The number of rotatable bonds is 4. The number of hydrogen-bond acceptors (Lipinski definition) is 6. The molecule has 2 heterocycles. The summed E-state index contributed by atoms with van der Waals surface area (Å²) in [5.74, 6) is -1.14. The van der Waals surface area contributed by atoms with E-state index < -0.39 is 17.7 Å². The van der Waals surface area contributed by atoms with Gasteiger partial charge in [-0.05, 0) is 42.0 Å². The molecule has 146 valence electrons. The van der Waals surface area contributed by atoms with Crippen molar-refractivity contribution in [2.24, 2.45) is 0 Å². The first-order valence-corrected chi connectivity index (χ1v) is 9.87. The predicted molar refractivity (Wildman–Crippen MR) is 111 cm³/mol. The number of amides is 1. The first kappa shape index (κ1) is 19.2. The Balaban J connectivity index is 1.91. The van der Waals surface area contributed by atoms with Crippen LogP contribution in [0.2, 0.25) is 5.02 Å². The van der Waals surface area contributed by atoms with Crippen molar-refractivity contribution in [1.82, 2.24) is 4.98 Å². The number of nitrogens with zero attached hydrogens (tertiary/aromatic N) is 2. The molecule has 1 amide bonds. The number of benzene rings is 2. The van der Waals surface area contributed by atoms with Gasteiger partial charge in [-0.2, -0.15) is 0 Å². The van der Waals surface area contributed by atoms with Crippen molar-refractivity contribution in [2.45, 2.75) is 6.04 Å². The third-order valence-electron chi connectivity index (χ3n) is 4.62. The van der Waals surface area contributed by atoms with E-state index in [2.05, 4.69) is 4.98 Å². The minimum absolute atomic E-state index is 0.00214. The Morgan fingerprint density at radius 3 is 2.41 bits per heavy atom. The van der Waals surface area contributed by atoms with Crippen LogP contribution in [0.5, 0.6) is 5.75 Å². The monoisotopic (exact) mass is 426 g/mol. The van der Waals surface area contributed by atoms with E-state index in [1.54, 1.807) is 67.2 Å². The minimum atomic E-state index is -0.817. The second-order valence-electron chi connectivity index (χ2n) is 6.26. The normalized spacial score (nSPS) is 18.3. The first-order chi connectivity index (χ1) is 14.0. The van der Waals surface area contributed by atoms with Gasteiger partial charge in [0.05, 0.1) is 18.7 Å². The number of aromatic nitrogens is 1. The largest absolute Gasteiger partial charge is 0.507 e. The van der Waals surface area contributed by atoms with Crippen LogP contribution in [0.25, 0.3) is 5.76 Å². The van der Waals surface area contributed by atoms with Crippen molar-refractivity contribution in [1.29, 1.82) is 0 Å². The van der Waals surface area contributed by atoms with E-state index in [1.165, 1.54) is 16.2 Å². The van der Waals surface area contributed by atoms with Crippen molar-refractivity contribution in [3.8, 4) is 5.75 Å². The SMILES string of the molecule is COc1ccc(C2/C(=C(/O)c3ccc(Cl)cc3)C(=O)C(=O)N2c2nccs2)cc1. The van der Waals surface area contributed by atoms with E-state index in [-0.39, 0.29) is 11.3 Å². The molecule has 0 radical (unpaired) electrons. The number of thiazole rings is 1. The van der Waals surface area contributed by atoms with E-state index >= 15 is 0 Å². The molecule has 1 aliphatic heterocycles. The van der Waals surface area contributed by atoms with Crippen LogP contribution < -0.4 is 9.64 Å². The third kappa shape index (κ3) is 3.39. The Hall–Kier alpha value is -3.16. The fraction of sp³-hybridized carbons (Fsp3) is 0.0952. The van der Waals surface area contributed by atoms with Crippen molar-refractivity contribution >= 4 is 45.5 Å². The Kier molecular flexibility index (Phi) is 5.08. The second kappa shape index (κ2) is 7.69. The summed E-state index contributed by atoms with van der Waals surface area (Å²) < 4.78 is 5.20. The van der Waals surface area contributed by atoms with Crippen LogP contribution in [-0.4, -0.2) is 28.9 Å².